The van der Waals surface area contributed by atoms with Crippen molar-refractivity contribution in [3.8, 4) is 0 Å². The summed E-state index contributed by atoms with van der Waals surface area (Å²) in [6.07, 6.45) is 3.76. The number of hydrogen-bond donors (Lipinski definition) is 2. The lowest BCUT2D eigenvalue weighted by molar-refractivity contribution is 0.106. The van der Waals surface area contributed by atoms with Crippen LogP contribution in [0.5, 0.6) is 0 Å². The van der Waals surface area contributed by atoms with Crippen molar-refractivity contribution in [3.05, 3.63) is 12.4 Å². The van der Waals surface area contributed by atoms with Crippen LogP contribution in [0.1, 0.15) is 13.8 Å². The molecule has 1 rings (SSSR count). The number of aromatic amines is 1. The first-order chi connectivity index (χ1) is 5.74. The average Bonchev–Trinajstić information content (AvgIpc) is 2.55. The van der Waals surface area contributed by atoms with Gasteiger partial charge in [0, 0.05) is 19.3 Å². The molecule has 68 valence electrons. The highest BCUT2D eigenvalue weighted by molar-refractivity contribution is 5.38. The summed E-state index contributed by atoms with van der Waals surface area (Å²) in [6.45, 7) is 4.10. The second kappa shape index (κ2) is 4.11. The van der Waals surface area contributed by atoms with Crippen molar-refractivity contribution < 1.29 is 4.74 Å². The molecule has 0 aliphatic carbocycles. The van der Waals surface area contributed by atoms with E-state index in [1.54, 1.807) is 13.3 Å². The maximum Gasteiger partial charge on any atom is 0.0741 e. The van der Waals surface area contributed by atoms with Gasteiger partial charge in [-0.05, 0) is 13.8 Å². The zero-order valence-corrected chi connectivity index (χ0v) is 7.66. The van der Waals surface area contributed by atoms with E-state index in [2.05, 4.69) is 22.4 Å². The molecule has 12 heavy (non-hydrogen) atoms. The molecule has 0 aromatic carbocycles. The van der Waals surface area contributed by atoms with Gasteiger partial charge < -0.3 is 10.1 Å². The van der Waals surface area contributed by atoms with Crippen LogP contribution in [-0.4, -0.2) is 29.5 Å². The van der Waals surface area contributed by atoms with Crippen LogP contribution in [0.4, 0.5) is 5.69 Å². The highest BCUT2D eigenvalue weighted by atomic mass is 16.5. The van der Waals surface area contributed by atoms with E-state index in [0.29, 0.717) is 0 Å². The van der Waals surface area contributed by atoms with E-state index >= 15 is 0 Å². The van der Waals surface area contributed by atoms with Crippen LogP contribution in [0.15, 0.2) is 12.4 Å². The fraction of sp³-hybridized carbons (Fsp3) is 0.625. The molecular formula is C8H15N3O. The molecule has 1 heterocycles. The normalized spacial score (nSPS) is 15.6. The zero-order valence-electron chi connectivity index (χ0n) is 7.66. The summed E-state index contributed by atoms with van der Waals surface area (Å²) in [6, 6.07) is 0.285. The zero-order chi connectivity index (χ0) is 8.97. The van der Waals surface area contributed by atoms with Gasteiger partial charge >= 0.3 is 0 Å². The van der Waals surface area contributed by atoms with Gasteiger partial charge in [0.2, 0.25) is 0 Å². The Morgan fingerprint density at radius 3 is 2.83 bits per heavy atom. The second-order valence-corrected chi connectivity index (χ2v) is 2.86. The Bertz CT molecular complexity index is 210. The molecule has 0 amide bonds. The third kappa shape index (κ3) is 2.23. The van der Waals surface area contributed by atoms with Gasteiger partial charge in [-0.2, -0.15) is 5.10 Å². The summed E-state index contributed by atoms with van der Waals surface area (Å²) >= 11 is 0. The van der Waals surface area contributed by atoms with Crippen LogP contribution >= 0.6 is 0 Å². The molecule has 4 nitrogen and oxygen atoms in total. The highest BCUT2D eigenvalue weighted by Crippen LogP contribution is 2.07. The Kier molecular flexibility index (Phi) is 3.10. The monoisotopic (exact) mass is 169 g/mol. The molecule has 0 aliphatic heterocycles. The van der Waals surface area contributed by atoms with Gasteiger partial charge in [0.15, 0.2) is 0 Å². The summed E-state index contributed by atoms with van der Waals surface area (Å²) in [5.74, 6) is 0. The summed E-state index contributed by atoms with van der Waals surface area (Å²) in [4.78, 5) is 0. The SMILES string of the molecule is COC(C)C(C)Nc1cn[nH]c1. The summed E-state index contributed by atoms with van der Waals surface area (Å²) < 4.78 is 5.17. The summed E-state index contributed by atoms with van der Waals surface area (Å²) in [5.41, 5.74) is 0.992. The number of ether oxygens (including phenoxy) is 1. The molecule has 2 unspecified atom stereocenters. The van der Waals surface area contributed by atoms with E-state index in [1.807, 2.05) is 13.1 Å². The lowest BCUT2D eigenvalue weighted by Crippen LogP contribution is -2.29. The molecule has 0 saturated carbocycles. The van der Waals surface area contributed by atoms with Gasteiger partial charge in [0.05, 0.1) is 18.0 Å². The highest BCUT2D eigenvalue weighted by Gasteiger charge is 2.10. The lowest BCUT2D eigenvalue weighted by Gasteiger charge is -2.19. The topological polar surface area (TPSA) is 49.9 Å². The first kappa shape index (κ1) is 9.06. The predicted molar refractivity (Wildman–Crippen MR) is 48.1 cm³/mol. The van der Waals surface area contributed by atoms with E-state index in [0.717, 1.165) is 5.69 Å². The largest absolute Gasteiger partial charge is 0.380 e. The number of anilines is 1. The molecule has 1 aromatic rings. The van der Waals surface area contributed by atoms with Crippen molar-refractivity contribution in [3.63, 3.8) is 0 Å². The molecule has 0 spiro atoms. The van der Waals surface area contributed by atoms with Gasteiger partial charge in [-0.3, -0.25) is 5.10 Å². The van der Waals surface area contributed by atoms with Crippen LogP contribution in [-0.2, 0) is 4.74 Å². The van der Waals surface area contributed by atoms with Gasteiger partial charge in [-0.15, -0.1) is 0 Å². The standard InChI is InChI=1S/C8H15N3O/c1-6(7(2)12-3)11-8-4-9-10-5-8/h4-7,11H,1-3H3,(H,9,10). The molecule has 0 radical (unpaired) electrons. The van der Waals surface area contributed by atoms with Crippen LogP contribution in [0.2, 0.25) is 0 Å². The minimum absolute atomic E-state index is 0.194. The average molecular weight is 169 g/mol. The number of hydrogen-bond acceptors (Lipinski definition) is 3. The summed E-state index contributed by atoms with van der Waals surface area (Å²) in [5, 5.41) is 9.82. The van der Waals surface area contributed by atoms with Crippen molar-refractivity contribution in [1.29, 1.82) is 0 Å². The molecular weight excluding hydrogens is 154 g/mol. The van der Waals surface area contributed by atoms with Crippen LogP contribution in [0.3, 0.4) is 0 Å². The first-order valence-electron chi connectivity index (χ1n) is 4.02. The van der Waals surface area contributed by atoms with Crippen molar-refractivity contribution >= 4 is 5.69 Å². The molecule has 4 heteroatoms. The fourth-order valence-electron chi connectivity index (χ4n) is 0.914. The molecule has 2 atom stereocenters. The van der Waals surface area contributed by atoms with E-state index in [-0.39, 0.29) is 12.1 Å². The number of methoxy groups -OCH3 is 1. The Labute approximate surface area is 72.3 Å². The third-order valence-corrected chi connectivity index (χ3v) is 1.97. The molecule has 2 N–H and O–H groups in total. The van der Waals surface area contributed by atoms with E-state index < -0.39 is 0 Å². The molecule has 0 aliphatic rings. The lowest BCUT2D eigenvalue weighted by atomic mass is 10.2. The smallest absolute Gasteiger partial charge is 0.0741 e. The number of rotatable bonds is 4. The first-order valence-corrected chi connectivity index (χ1v) is 4.02. The van der Waals surface area contributed by atoms with Gasteiger partial charge in [-0.25, -0.2) is 0 Å². The third-order valence-electron chi connectivity index (χ3n) is 1.97. The van der Waals surface area contributed by atoms with Crippen molar-refractivity contribution in [2.24, 2.45) is 0 Å². The number of nitrogens with one attached hydrogen (secondary N) is 2. The minimum Gasteiger partial charge on any atom is -0.380 e. The van der Waals surface area contributed by atoms with Crippen molar-refractivity contribution in [2.45, 2.75) is 26.0 Å². The molecule has 0 saturated heterocycles. The van der Waals surface area contributed by atoms with E-state index in [4.69, 9.17) is 4.74 Å². The number of aromatic nitrogens is 2. The Balaban J connectivity index is 2.41. The van der Waals surface area contributed by atoms with Crippen LogP contribution < -0.4 is 5.32 Å². The maximum atomic E-state index is 5.17. The molecule has 1 aromatic heterocycles. The minimum atomic E-state index is 0.194. The second-order valence-electron chi connectivity index (χ2n) is 2.86. The molecule has 0 fully saturated rings. The maximum absolute atomic E-state index is 5.17. The molecule has 0 bridgehead atoms. The number of nitrogens with zero attached hydrogens (tertiary/aromatic N) is 1. The van der Waals surface area contributed by atoms with Gasteiger partial charge in [0.25, 0.3) is 0 Å². The summed E-state index contributed by atoms with van der Waals surface area (Å²) in [7, 11) is 1.71. The Morgan fingerprint density at radius 1 is 1.58 bits per heavy atom. The quantitative estimate of drug-likeness (QED) is 0.713. The van der Waals surface area contributed by atoms with Crippen LogP contribution in [0, 0.1) is 0 Å². The predicted octanol–water partition coefficient (Wildman–Crippen LogP) is 1.24. The van der Waals surface area contributed by atoms with Crippen LogP contribution in [0.25, 0.3) is 0 Å². The van der Waals surface area contributed by atoms with E-state index in [1.165, 1.54) is 0 Å². The van der Waals surface area contributed by atoms with Crippen molar-refractivity contribution in [1.82, 2.24) is 10.2 Å². The number of H-pyrrole nitrogens is 1. The Hall–Kier alpha value is -1.03. The van der Waals surface area contributed by atoms with Crippen molar-refractivity contribution in [2.75, 3.05) is 12.4 Å². The fourth-order valence-corrected chi connectivity index (χ4v) is 0.914. The van der Waals surface area contributed by atoms with Gasteiger partial charge in [-0.1, -0.05) is 0 Å². The van der Waals surface area contributed by atoms with Gasteiger partial charge in [0.1, 0.15) is 0 Å². The Morgan fingerprint density at radius 2 is 2.33 bits per heavy atom. The van der Waals surface area contributed by atoms with E-state index in [9.17, 15) is 0 Å².